The minimum absolute atomic E-state index is 0.00255. The molecule has 0 aliphatic carbocycles. The molecule has 1 aliphatic heterocycles. The molecule has 92 valence electrons. The topological polar surface area (TPSA) is 46.2 Å². The summed E-state index contributed by atoms with van der Waals surface area (Å²) in [4.78, 5) is 0. The fraction of sp³-hybridized carbons (Fsp3) is 0.833. The summed E-state index contributed by atoms with van der Waals surface area (Å²) in [5.74, 6) is 6.18. The standard InChI is InChI=1S/C12H21NO2S/c1-3-5-8-11(13-4-2)12-9-6-7-10-16(12,14)15/h11-13H,4,6-10H2,1-2H3. The van der Waals surface area contributed by atoms with E-state index in [2.05, 4.69) is 17.2 Å². The molecule has 1 N–H and O–H groups in total. The van der Waals surface area contributed by atoms with Crippen LogP contribution in [0.3, 0.4) is 0 Å². The lowest BCUT2D eigenvalue weighted by Crippen LogP contribution is -2.46. The summed E-state index contributed by atoms with van der Waals surface area (Å²) in [7, 11) is -2.91. The first kappa shape index (κ1) is 13.5. The molecule has 1 rings (SSSR count). The van der Waals surface area contributed by atoms with Crippen molar-refractivity contribution in [2.24, 2.45) is 0 Å². The van der Waals surface area contributed by atoms with Gasteiger partial charge in [-0.2, -0.15) is 0 Å². The average Bonchev–Trinajstić information content (AvgIpc) is 2.24. The van der Waals surface area contributed by atoms with Crippen molar-refractivity contribution < 1.29 is 8.42 Å². The molecule has 16 heavy (non-hydrogen) atoms. The summed E-state index contributed by atoms with van der Waals surface area (Å²) < 4.78 is 23.9. The highest BCUT2D eigenvalue weighted by molar-refractivity contribution is 7.92. The Morgan fingerprint density at radius 1 is 1.44 bits per heavy atom. The van der Waals surface area contributed by atoms with Gasteiger partial charge >= 0.3 is 0 Å². The third-order valence-electron chi connectivity index (χ3n) is 3.04. The van der Waals surface area contributed by atoms with Crippen LogP contribution < -0.4 is 5.32 Å². The first-order valence-corrected chi connectivity index (χ1v) is 7.68. The predicted octanol–water partition coefficient (Wildman–Crippen LogP) is 1.35. The van der Waals surface area contributed by atoms with Crippen molar-refractivity contribution in [1.82, 2.24) is 5.32 Å². The van der Waals surface area contributed by atoms with Crippen LogP contribution in [0.1, 0.15) is 39.5 Å². The SMILES string of the molecule is CC#CCC(NCC)C1CCCCS1(=O)=O. The summed E-state index contributed by atoms with van der Waals surface area (Å²) >= 11 is 0. The van der Waals surface area contributed by atoms with Crippen molar-refractivity contribution in [2.45, 2.75) is 50.8 Å². The maximum atomic E-state index is 12.0. The van der Waals surface area contributed by atoms with E-state index in [0.29, 0.717) is 12.2 Å². The van der Waals surface area contributed by atoms with E-state index >= 15 is 0 Å². The third kappa shape index (κ3) is 3.50. The van der Waals surface area contributed by atoms with Gasteiger partial charge in [-0.25, -0.2) is 8.42 Å². The maximum absolute atomic E-state index is 12.0. The molecular formula is C12H21NO2S. The first-order valence-electron chi connectivity index (χ1n) is 5.96. The van der Waals surface area contributed by atoms with E-state index in [0.717, 1.165) is 25.8 Å². The van der Waals surface area contributed by atoms with Gasteiger partial charge in [0.1, 0.15) is 0 Å². The molecule has 0 aromatic heterocycles. The monoisotopic (exact) mass is 243 g/mol. The molecule has 0 saturated carbocycles. The van der Waals surface area contributed by atoms with Crippen LogP contribution in [0.15, 0.2) is 0 Å². The summed E-state index contributed by atoms with van der Waals surface area (Å²) in [6, 6.07) is 0.00255. The molecule has 3 nitrogen and oxygen atoms in total. The van der Waals surface area contributed by atoms with Gasteiger partial charge in [0, 0.05) is 12.5 Å². The lowest BCUT2D eigenvalue weighted by molar-refractivity contribution is 0.448. The van der Waals surface area contributed by atoms with Gasteiger partial charge in [-0.15, -0.1) is 11.8 Å². The van der Waals surface area contributed by atoms with Gasteiger partial charge in [0.25, 0.3) is 0 Å². The highest BCUT2D eigenvalue weighted by Gasteiger charge is 2.34. The molecule has 1 aliphatic rings. The van der Waals surface area contributed by atoms with Gasteiger partial charge in [0.2, 0.25) is 0 Å². The summed E-state index contributed by atoms with van der Waals surface area (Å²) in [6.07, 6.45) is 3.25. The molecule has 1 fully saturated rings. The largest absolute Gasteiger partial charge is 0.312 e. The van der Waals surface area contributed by atoms with Crippen LogP contribution in [-0.4, -0.2) is 32.0 Å². The molecule has 1 saturated heterocycles. The lowest BCUT2D eigenvalue weighted by Gasteiger charge is -2.29. The van der Waals surface area contributed by atoms with E-state index in [1.54, 1.807) is 6.92 Å². The van der Waals surface area contributed by atoms with Crippen LogP contribution in [0.5, 0.6) is 0 Å². The van der Waals surface area contributed by atoms with Crippen LogP contribution in [-0.2, 0) is 9.84 Å². The number of sulfone groups is 1. The van der Waals surface area contributed by atoms with E-state index in [1.807, 2.05) is 6.92 Å². The fourth-order valence-electron chi connectivity index (χ4n) is 2.24. The summed E-state index contributed by atoms with van der Waals surface area (Å²) in [5.41, 5.74) is 0. The second-order valence-electron chi connectivity index (χ2n) is 4.20. The minimum Gasteiger partial charge on any atom is -0.312 e. The van der Waals surface area contributed by atoms with Gasteiger partial charge < -0.3 is 5.32 Å². The lowest BCUT2D eigenvalue weighted by atomic mass is 10.0. The second-order valence-corrected chi connectivity index (χ2v) is 6.54. The number of hydrogen-bond acceptors (Lipinski definition) is 3. The summed E-state index contributed by atoms with van der Waals surface area (Å²) in [6.45, 7) is 4.59. The minimum atomic E-state index is -2.91. The molecular weight excluding hydrogens is 222 g/mol. The molecule has 0 aromatic carbocycles. The van der Waals surface area contributed by atoms with Gasteiger partial charge in [-0.3, -0.25) is 0 Å². The molecule has 4 heteroatoms. The van der Waals surface area contributed by atoms with Crippen molar-refractivity contribution >= 4 is 9.84 Å². The Morgan fingerprint density at radius 2 is 2.19 bits per heavy atom. The van der Waals surface area contributed by atoms with E-state index in [1.165, 1.54) is 0 Å². The predicted molar refractivity (Wildman–Crippen MR) is 67.0 cm³/mol. The molecule has 2 unspecified atom stereocenters. The van der Waals surface area contributed by atoms with Crippen LogP contribution in [0.25, 0.3) is 0 Å². The average molecular weight is 243 g/mol. The third-order valence-corrected chi connectivity index (χ3v) is 5.39. The van der Waals surface area contributed by atoms with Crippen molar-refractivity contribution in [1.29, 1.82) is 0 Å². The molecule has 0 spiro atoms. The zero-order chi connectivity index (χ0) is 12.0. The Kier molecular flexibility index (Phi) is 5.30. The van der Waals surface area contributed by atoms with E-state index < -0.39 is 9.84 Å². The normalized spacial score (nSPS) is 25.5. The van der Waals surface area contributed by atoms with Crippen molar-refractivity contribution in [2.75, 3.05) is 12.3 Å². The molecule has 0 radical (unpaired) electrons. The van der Waals surface area contributed by atoms with Gasteiger partial charge in [0.15, 0.2) is 9.84 Å². The van der Waals surface area contributed by atoms with Crippen LogP contribution in [0.2, 0.25) is 0 Å². The molecule has 0 amide bonds. The van der Waals surface area contributed by atoms with Crippen molar-refractivity contribution in [3.8, 4) is 11.8 Å². The zero-order valence-corrected chi connectivity index (χ0v) is 10.9. The Bertz CT molecular complexity index is 364. The second kappa shape index (κ2) is 6.27. The van der Waals surface area contributed by atoms with Crippen molar-refractivity contribution in [3.63, 3.8) is 0 Å². The summed E-state index contributed by atoms with van der Waals surface area (Å²) in [5, 5.41) is 3.03. The van der Waals surface area contributed by atoms with Crippen LogP contribution in [0.4, 0.5) is 0 Å². The van der Waals surface area contributed by atoms with Gasteiger partial charge in [-0.1, -0.05) is 13.3 Å². The number of nitrogens with one attached hydrogen (secondary N) is 1. The highest BCUT2D eigenvalue weighted by atomic mass is 32.2. The Labute approximate surface area is 98.9 Å². The van der Waals surface area contributed by atoms with Gasteiger partial charge in [0.05, 0.1) is 11.0 Å². The Balaban J connectivity index is 2.77. The maximum Gasteiger partial charge on any atom is 0.154 e. The van der Waals surface area contributed by atoms with E-state index in [4.69, 9.17) is 0 Å². The molecule has 0 bridgehead atoms. The molecule has 1 heterocycles. The number of hydrogen-bond donors (Lipinski definition) is 1. The van der Waals surface area contributed by atoms with Crippen molar-refractivity contribution in [3.05, 3.63) is 0 Å². The van der Waals surface area contributed by atoms with Crippen LogP contribution in [0, 0.1) is 11.8 Å². The smallest absolute Gasteiger partial charge is 0.154 e. The van der Waals surface area contributed by atoms with E-state index in [-0.39, 0.29) is 11.3 Å². The van der Waals surface area contributed by atoms with E-state index in [9.17, 15) is 8.42 Å². The zero-order valence-electron chi connectivity index (χ0n) is 10.1. The van der Waals surface area contributed by atoms with Crippen LogP contribution >= 0.6 is 0 Å². The first-order chi connectivity index (χ1) is 7.61. The van der Waals surface area contributed by atoms with Gasteiger partial charge in [-0.05, 0) is 26.3 Å². The quantitative estimate of drug-likeness (QED) is 0.758. The fourth-order valence-corrected chi connectivity index (χ4v) is 4.37. The Morgan fingerprint density at radius 3 is 2.75 bits per heavy atom. The molecule has 2 atom stereocenters. The Hall–Kier alpha value is -0.530. The highest BCUT2D eigenvalue weighted by Crippen LogP contribution is 2.23. The number of rotatable bonds is 4. The molecule has 0 aromatic rings.